The van der Waals surface area contributed by atoms with Crippen LogP contribution in [0.2, 0.25) is 0 Å². The number of para-hydroxylation sites is 1. The number of phenols is 1. The zero-order chi connectivity index (χ0) is 9.52. The predicted octanol–water partition coefficient (Wildman–Crippen LogP) is 1.29. The first kappa shape index (κ1) is 9.58. The van der Waals surface area contributed by atoms with Crippen LogP contribution in [0.15, 0.2) is 30.3 Å². The van der Waals surface area contributed by atoms with Crippen molar-refractivity contribution in [2.45, 2.75) is 12.8 Å². The Morgan fingerprint density at radius 3 is 2.15 bits per heavy atom. The number of hydrogen-bond acceptors (Lipinski definition) is 2. The summed E-state index contributed by atoms with van der Waals surface area (Å²) in [5, 5.41) is 11.3. The molecule has 2 rings (SSSR count). The Hall–Kier alpha value is -1.51. The van der Waals surface area contributed by atoms with Gasteiger partial charge in [0.05, 0.1) is 0 Å². The van der Waals surface area contributed by atoms with Gasteiger partial charge in [0.1, 0.15) is 5.75 Å². The number of carbonyl (C=O) groups is 1. The highest BCUT2D eigenvalue weighted by Gasteiger charge is 2.05. The summed E-state index contributed by atoms with van der Waals surface area (Å²) in [4.78, 5) is 10.1. The second-order valence-corrected chi connectivity index (χ2v) is 2.79. The van der Waals surface area contributed by atoms with E-state index in [2.05, 4.69) is 5.32 Å². The molecule has 1 amide bonds. The zero-order valence-corrected chi connectivity index (χ0v) is 7.36. The van der Waals surface area contributed by atoms with Crippen molar-refractivity contribution in [2.75, 3.05) is 6.54 Å². The number of phenolic OH excluding ortho intramolecular Hbond substituents is 1. The van der Waals surface area contributed by atoms with E-state index in [-0.39, 0.29) is 5.91 Å². The summed E-state index contributed by atoms with van der Waals surface area (Å²) in [7, 11) is 0. The predicted molar refractivity (Wildman–Crippen MR) is 50.4 cm³/mol. The van der Waals surface area contributed by atoms with Crippen molar-refractivity contribution in [2.24, 2.45) is 0 Å². The summed E-state index contributed by atoms with van der Waals surface area (Å²) < 4.78 is 0. The molecule has 0 aliphatic carbocycles. The Bertz CT molecular complexity index is 251. The van der Waals surface area contributed by atoms with E-state index in [1.54, 1.807) is 24.3 Å². The van der Waals surface area contributed by atoms with Crippen LogP contribution in [0.4, 0.5) is 0 Å². The molecule has 1 fully saturated rings. The number of aromatic hydroxyl groups is 1. The average molecular weight is 179 g/mol. The van der Waals surface area contributed by atoms with E-state index < -0.39 is 0 Å². The number of hydrogen-bond donors (Lipinski definition) is 2. The fourth-order valence-corrected chi connectivity index (χ4v) is 0.993. The monoisotopic (exact) mass is 179 g/mol. The summed E-state index contributed by atoms with van der Waals surface area (Å²) in [5.41, 5.74) is 0. The van der Waals surface area contributed by atoms with Crippen LogP contribution in [0.25, 0.3) is 0 Å². The van der Waals surface area contributed by atoms with Gasteiger partial charge in [0, 0.05) is 13.0 Å². The maximum absolute atomic E-state index is 10.1. The maximum Gasteiger partial charge on any atom is 0.220 e. The lowest BCUT2D eigenvalue weighted by molar-refractivity contribution is -0.119. The number of nitrogens with one attached hydrogen (secondary N) is 1. The van der Waals surface area contributed by atoms with E-state index >= 15 is 0 Å². The first-order valence-electron chi connectivity index (χ1n) is 4.30. The Morgan fingerprint density at radius 1 is 1.23 bits per heavy atom. The molecule has 1 aromatic carbocycles. The second kappa shape index (κ2) is 5.19. The quantitative estimate of drug-likeness (QED) is 0.630. The molecule has 1 aliphatic rings. The number of carbonyl (C=O) groups excluding carboxylic acids is 1. The highest BCUT2D eigenvalue weighted by molar-refractivity contribution is 5.77. The van der Waals surface area contributed by atoms with Gasteiger partial charge in [0.25, 0.3) is 0 Å². The van der Waals surface area contributed by atoms with E-state index in [4.69, 9.17) is 5.11 Å². The van der Waals surface area contributed by atoms with E-state index in [9.17, 15) is 4.79 Å². The van der Waals surface area contributed by atoms with Crippen LogP contribution >= 0.6 is 0 Å². The fourth-order valence-electron chi connectivity index (χ4n) is 0.993. The SMILES string of the molecule is O=C1CCCN1.Oc1ccccc1. The van der Waals surface area contributed by atoms with Crippen molar-refractivity contribution in [3.63, 3.8) is 0 Å². The van der Waals surface area contributed by atoms with Crippen LogP contribution in [0.5, 0.6) is 5.75 Å². The van der Waals surface area contributed by atoms with Crippen molar-refractivity contribution in [3.8, 4) is 5.75 Å². The Morgan fingerprint density at radius 2 is 1.92 bits per heavy atom. The molecule has 0 radical (unpaired) electrons. The minimum absolute atomic E-state index is 0.204. The molecule has 3 nitrogen and oxygen atoms in total. The summed E-state index contributed by atoms with van der Waals surface area (Å²) in [5.74, 6) is 0.525. The molecule has 0 aromatic heterocycles. The summed E-state index contributed by atoms with van der Waals surface area (Å²) in [6, 6.07) is 8.71. The van der Waals surface area contributed by atoms with Gasteiger partial charge in [-0.3, -0.25) is 4.79 Å². The van der Waals surface area contributed by atoms with Gasteiger partial charge in [-0.2, -0.15) is 0 Å². The third-order valence-electron chi connectivity index (χ3n) is 1.66. The topological polar surface area (TPSA) is 49.3 Å². The van der Waals surface area contributed by atoms with Crippen LogP contribution < -0.4 is 5.32 Å². The molecule has 1 saturated heterocycles. The van der Waals surface area contributed by atoms with Crippen LogP contribution in [0.1, 0.15) is 12.8 Å². The van der Waals surface area contributed by atoms with E-state index in [1.165, 1.54) is 0 Å². The van der Waals surface area contributed by atoms with Crippen molar-refractivity contribution in [3.05, 3.63) is 30.3 Å². The van der Waals surface area contributed by atoms with Gasteiger partial charge < -0.3 is 10.4 Å². The van der Waals surface area contributed by atoms with Crippen molar-refractivity contribution in [1.29, 1.82) is 0 Å². The minimum atomic E-state index is 0.204. The molecule has 70 valence electrons. The molecule has 0 spiro atoms. The largest absolute Gasteiger partial charge is 0.508 e. The molecule has 2 N–H and O–H groups in total. The third-order valence-corrected chi connectivity index (χ3v) is 1.66. The van der Waals surface area contributed by atoms with Gasteiger partial charge in [0.15, 0.2) is 0 Å². The van der Waals surface area contributed by atoms with Gasteiger partial charge in [0.2, 0.25) is 5.91 Å². The van der Waals surface area contributed by atoms with E-state index in [1.807, 2.05) is 6.07 Å². The molecular formula is C10H13NO2. The van der Waals surface area contributed by atoms with Crippen molar-refractivity contribution >= 4 is 5.91 Å². The zero-order valence-electron chi connectivity index (χ0n) is 7.36. The second-order valence-electron chi connectivity index (χ2n) is 2.79. The normalized spacial score (nSPS) is 14.3. The number of amides is 1. The molecule has 1 heterocycles. The summed E-state index contributed by atoms with van der Waals surface area (Å²) >= 11 is 0. The number of benzene rings is 1. The van der Waals surface area contributed by atoms with Gasteiger partial charge in [-0.1, -0.05) is 18.2 Å². The molecule has 0 atom stereocenters. The van der Waals surface area contributed by atoms with Gasteiger partial charge in [-0.15, -0.1) is 0 Å². The fraction of sp³-hybridized carbons (Fsp3) is 0.300. The van der Waals surface area contributed by atoms with Crippen LogP contribution in [0, 0.1) is 0 Å². The standard InChI is InChI=1S/C6H6O.C4H7NO/c7-6-4-2-1-3-5-6;6-4-2-1-3-5-4/h1-5,7H;1-3H2,(H,5,6). The third kappa shape index (κ3) is 4.15. The van der Waals surface area contributed by atoms with Crippen LogP contribution in [-0.2, 0) is 4.79 Å². The molecule has 3 heteroatoms. The summed E-state index contributed by atoms with van der Waals surface area (Å²) in [6.07, 6.45) is 1.76. The van der Waals surface area contributed by atoms with E-state index in [0.717, 1.165) is 19.4 Å². The minimum Gasteiger partial charge on any atom is -0.508 e. The Balaban J connectivity index is 0.000000132. The highest BCUT2D eigenvalue weighted by atomic mass is 16.3. The lowest BCUT2D eigenvalue weighted by Gasteiger charge is -1.82. The molecule has 13 heavy (non-hydrogen) atoms. The highest BCUT2D eigenvalue weighted by Crippen LogP contribution is 2.02. The molecule has 0 bridgehead atoms. The summed E-state index contributed by atoms with van der Waals surface area (Å²) in [6.45, 7) is 0.888. The first-order valence-corrected chi connectivity index (χ1v) is 4.30. The van der Waals surface area contributed by atoms with Gasteiger partial charge in [-0.05, 0) is 18.6 Å². The molecule has 0 unspecified atom stereocenters. The lowest BCUT2D eigenvalue weighted by Crippen LogP contribution is -2.12. The van der Waals surface area contributed by atoms with Gasteiger partial charge >= 0.3 is 0 Å². The van der Waals surface area contributed by atoms with Crippen molar-refractivity contribution in [1.82, 2.24) is 5.32 Å². The van der Waals surface area contributed by atoms with E-state index in [0.29, 0.717) is 5.75 Å². The van der Waals surface area contributed by atoms with Gasteiger partial charge in [-0.25, -0.2) is 0 Å². The first-order chi connectivity index (χ1) is 6.29. The van der Waals surface area contributed by atoms with Crippen LogP contribution in [-0.4, -0.2) is 17.6 Å². The van der Waals surface area contributed by atoms with Crippen molar-refractivity contribution < 1.29 is 9.90 Å². The Labute approximate surface area is 77.4 Å². The molecule has 1 aliphatic heterocycles. The average Bonchev–Trinajstić information content (AvgIpc) is 2.58. The lowest BCUT2D eigenvalue weighted by atomic mass is 10.3. The molecule has 0 saturated carbocycles. The Kier molecular flexibility index (Phi) is 3.82. The molecule has 1 aromatic rings. The van der Waals surface area contributed by atoms with Crippen LogP contribution in [0.3, 0.4) is 0 Å². The number of rotatable bonds is 0. The molecular weight excluding hydrogens is 166 g/mol. The smallest absolute Gasteiger partial charge is 0.220 e. The maximum atomic E-state index is 10.1.